The van der Waals surface area contributed by atoms with Gasteiger partial charge in [0, 0.05) is 48.7 Å². The number of rotatable bonds is 2. The van der Waals surface area contributed by atoms with Crippen molar-refractivity contribution < 1.29 is 9.72 Å². The number of nitro benzene ring substituents is 1. The zero-order chi connectivity index (χ0) is 16.4. The smallest absolute Gasteiger partial charge is 0.270 e. The van der Waals surface area contributed by atoms with E-state index in [1.54, 1.807) is 4.90 Å². The van der Waals surface area contributed by atoms with Gasteiger partial charge in [-0.25, -0.2) is 0 Å². The third-order valence-corrected chi connectivity index (χ3v) is 3.90. The number of hydrogen-bond donors (Lipinski definition) is 2. The molecule has 0 atom stereocenters. The number of non-ortho nitro benzene ring substituents is 1. The van der Waals surface area contributed by atoms with Crippen LogP contribution in [0.1, 0.15) is 16.8 Å². The number of benzene rings is 1. The van der Waals surface area contributed by atoms with E-state index in [0.29, 0.717) is 30.5 Å². The van der Waals surface area contributed by atoms with E-state index < -0.39 is 10.5 Å². The van der Waals surface area contributed by atoms with Gasteiger partial charge >= 0.3 is 0 Å². The number of carbonyl (C=O) groups is 1. The normalized spacial score (nSPS) is 15.4. The topological polar surface area (TPSA) is 108 Å². The number of nitrogens with one attached hydrogen (secondary N) is 2. The van der Waals surface area contributed by atoms with Crippen LogP contribution in [0.25, 0.3) is 10.9 Å². The summed E-state index contributed by atoms with van der Waals surface area (Å²) >= 11 is 0. The number of hydrogen-bond acceptors (Lipinski definition) is 5. The van der Waals surface area contributed by atoms with Gasteiger partial charge in [0.15, 0.2) is 0 Å². The van der Waals surface area contributed by atoms with Gasteiger partial charge in [0.25, 0.3) is 11.6 Å². The van der Waals surface area contributed by atoms with Crippen molar-refractivity contribution in [1.82, 2.24) is 15.2 Å². The number of nitrogens with zero attached hydrogens (tertiary/aromatic N) is 2. The SMILES string of the molecule is O=C(c1cc(=O)[nH]c2ccc([N+](=O)[O-])cc12)N1CCCNCC1. The number of aromatic nitrogens is 1. The lowest BCUT2D eigenvalue weighted by Gasteiger charge is -2.20. The minimum absolute atomic E-state index is 0.115. The Bertz CT molecular complexity index is 822. The highest BCUT2D eigenvalue weighted by Crippen LogP contribution is 2.22. The average molecular weight is 316 g/mol. The van der Waals surface area contributed by atoms with Gasteiger partial charge in [0.2, 0.25) is 5.56 Å². The molecule has 120 valence electrons. The fourth-order valence-electron chi connectivity index (χ4n) is 2.75. The molecule has 0 spiro atoms. The van der Waals surface area contributed by atoms with Crippen LogP contribution in [0.15, 0.2) is 29.1 Å². The number of amides is 1. The molecule has 2 aromatic rings. The van der Waals surface area contributed by atoms with E-state index in [0.717, 1.165) is 13.0 Å². The van der Waals surface area contributed by atoms with Crippen molar-refractivity contribution in [1.29, 1.82) is 0 Å². The van der Waals surface area contributed by atoms with Crippen molar-refractivity contribution >= 4 is 22.5 Å². The molecule has 1 aromatic heterocycles. The summed E-state index contributed by atoms with van der Waals surface area (Å²) in [5, 5.41) is 14.6. The molecule has 8 nitrogen and oxygen atoms in total. The quantitative estimate of drug-likeness (QED) is 0.631. The summed E-state index contributed by atoms with van der Waals surface area (Å²) in [6, 6.07) is 5.30. The molecule has 1 aliphatic heterocycles. The molecule has 1 fully saturated rings. The predicted molar refractivity (Wildman–Crippen MR) is 84.6 cm³/mol. The van der Waals surface area contributed by atoms with E-state index in [1.165, 1.54) is 24.3 Å². The summed E-state index contributed by atoms with van der Waals surface area (Å²) in [5.41, 5.74) is 0.104. The van der Waals surface area contributed by atoms with Crippen molar-refractivity contribution in [3.8, 4) is 0 Å². The van der Waals surface area contributed by atoms with Gasteiger partial charge in [-0.05, 0) is 19.0 Å². The molecule has 1 amide bonds. The third kappa shape index (κ3) is 3.07. The van der Waals surface area contributed by atoms with Crippen LogP contribution in [0.4, 0.5) is 5.69 Å². The first kappa shape index (κ1) is 15.2. The number of aromatic amines is 1. The number of fused-ring (bicyclic) bond motifs is 1. The highest BCUT2D eigenvalue weighted by Gasteiger charge is 2.21. The lowest BCUT2D eigenvalue weighted by atomic mass is 10.1. The minimum atomic E-state index is -0.519. The molecule has 1 aromatic carbocycles. The van der Waals surface area contributed by atoms with Crippen LogP contribution in [0.5, 0.6) is 0 Å². The predicted octanol–water partition coefficient (Wildman–Crippen LogP) is 0.872. The molecule has 2 heterocycles. The van der Waals surface area contributed by atoms with Crippen LogP contribution in [0, 0.1) is 10.1 Å². The van der Waals surface area contributed by atoms with E-state index in [9.17, 15) is 19.7 Å². The molecular formula is C15H16N4O4. The Morgan fingerprint density at radius 2 is 2.04 bits per heavy atom. The van der Waals surface area contributed by atoms with Crippen LogP contribution in [-0.2, 0) is 0 Å². The second-order valence-corrected chi connectivity index (χ2v) is 5.43. The summed E-state index contributed by atoms with van der Waals surface area (Å²) in [7, 11) is 0. The average Bonchev–Trinajstić information content (AvgIpc) is 2.82. The highest BCUT2D eigenvalue weighted by atomic mass is 16.6. The molecule has 3 rings (SSSR count). The van der Waals surface area contributed by atoms with E-state index in [1.807, 2.05) is 0 Å². The second-order valence-electron chi connectivity index (χ2n) is 5.43. The fourth-order valence-corrected chi connectivity index (χ4v) is 2.75. The van der Waals surface area contributed by atoms with Crippen molar-refractivity contribution in [2.45, 2.75) is 6.42 Å². The lowest BCUT2D eigenvalue weighted by molar-refractivity contribution is -0.384. The molecule has 1 aliphatic rings. The first-order chi connectivity index (χ1) is 11.1. The Kier molecular flexibility index (Phi) is 4.07. The largest absolute Gasteiger partial charge is 0.337 e. The molecule has 0 saturated carbocycles. The molecule has 0 radical (unpaired) electrons. The Hall–Kier alpha value is -2.74. The fraction of sp³-hybridized carbons (Fsp3) is 0.333. The first-order valence-electron chi connectivity index (χ1n) is 7.38. The third-order valence-electron chi connectivity index (χ3n) is 3.90. The first-order valence-corrected chi connectivity index (χ1v) is 7.38. The molecule has 1 saturated heterocycles. The molecular weight excluding hydrogens is 300 g/mol. The number of pyridine rings is 1. The van der Waals surface area contributed by atoms with E-state index in [-0.39, 0.29) is 17.2 Å². The van der Waals surface area contributed by atoms with Gasteiger partial charge in [-0.3, -0.25) is 19.7 Å². The summed E-state index contributed by atoms with van der Waals surface area (Å²) in [5.74, 6) is -0.273. The Balaban J connectivity index is 2.10. The van der Waals surface area contributed by atoms with Gasteiger partial charge < -0.3 is 15.2 Å². The monoisotopic (exact) mass is 316 g/mol. The molecule has 2 N–H and O–H groups in total. The molecule has 23 heavy (non-hydrogen) atoms. The summed E-state index contributed by atoms with van der Waals surface area (Å²) in [6.07, 6.45) is 0.826. The zero-order valence-corrected chi connectivity index (χ0v) is 12.4. The van der Waals surface area contributed by atoms with Crippen molar-refractivity contribution in [3.63, 3.8) is 0 Å². The summed E-state index contributed by atoms with van der Waals surface area (Å²) in [4.78, 5) is 39.3. The minimum Gasteiger partial charge on any atom is -0.337 e. The summed E-state index contributed by atoms with van der Waals surface area (Å²) in [6.45, 7) is 2.66. The molecule has 8 heteroatoms. The standard InChI is InChI=1S/C15H16N4O4/c20-14-9-12(15(21)18-6-1-4-16-5-7-18)11-8-10(19(22)23)2-3-13(11)17-14/h2-3,8-9,16H,1,4-7H2,(H,17,20). The van der Waals surface area contributed by atoms with Gasteiger partial charge in [0.05, 0.1) is 10.5 Å². The molecule has 0 unspecified atom stereocenters. The van der Waals surface area contributed by atoms with E-state index in [2.05, 4.69) is 10.3 Å². The maximum Gasteiger partial charge on any atom is 0.270 e. The number of carbonyl (C=O) groups excluding carboxylic acids is 1. The van der Waals surface area contributed by atoms with Crippen LogP contribution >= 0.6 is 0 Å². The second kappa shape index (κ2) is 6.17. The van der Waals surface area contributed by atoms with E-state index >= 15 is 0 Å². The Morgan fingerprint density at radius 3 is 2.83 bits per heavy atom. The zero-order valence-electron chi connectivity index (χ0n) is 12.4. The Morgan fingerprint density at radius 1 is 1.22 bits per heavy atom. The van der Waals surface area contributed by atoms with Crippen molar-refractivity contribution in [2.24, 2.45) is 0 Å². The number of nitro groups is 1. The highest BCUT2D eigenvalue weighted by molar-refractivity contribution is 6.06. The van der Waals surface area contributed by atoms with Crippen LogP contribution in [-0.4, -0.2) is 46.9 Å². The Labute approximate surface area is 131 Å². The number of H-pyrrole nitrogens is 1. The maximum absolute atomic E-state index is 12.8. The van der Waals surface area contributed by atoms with Gasteiger partial charge in [-0.1, -0.05) is 0 Å². The lowest BCUT2D eigenvalue weighted by Crippen LogP contribution is -2.34. The van der Waals surface area contributed by atoms with Crippen LogP contribution in [0.3, 0.4) is 0 Å². The molecule has 0 bridgehead atoms. The van der Waals surface area contributed by atoms with Crippen molar-refractivity contribution in [2.75, 3.05) is 26.2 Å². The van der Waals surface area contributed by atoms with E-state index in [4.69, 9.17) is 0 Å². The van der Waals surface area contributed by atoms with Crippen molar-refractivity contribution in [3.05, 3.63) is 50.3 Å². The van der Waals surface area contributed by atoms with Gasteiger partial charge in [-0.2, -0.15) is 0 Å². The van der Waals surface area contributed by atoms with Crippen LogP contribution in [0.2, 0.25) is 0 Å². The van der Waals surface area contributed by atoms with Gasteiger partial charge in [-0.15, -0.1) is 0 Å². The summed E-state index contributed by atoms with van der Waals surface area (Å²) < 4.78 is 0. The molecule has 0 aliphatic carbocycles. The maximum atomic E-state index is 12.8. The van der Waals surface area contributed by atoms with Gasteiger partial charge in [0.1, 0.15) is 0 Å². The van der Waals surface area contributed by atoms with Crippen LogP contribution < -0.4 is 10.9 Å².